The molecule has 4 aromatic rings. The zero-order chi connectivity index (χ0) is 27.0. The Balaban J connectivity index is 1.88. The fourth-order valence-corrected chi connectivity index (χ4v) is 3.55. The Morgan fingerprint density at radius 3 is 1.89 bits per heavy atom. The minimum absolute atomic E-state index is 0.0117. The molecule has 2 N–H and O–H groups in total. The predicted molar refractivity (Wildman–Crippen MR) is 124 cm³/mol. The number of nitrogens with zero attached hydrogens (tertiary/aromatic N) is 4. The Morgan fingerprint density at radius 1 is 0.865 bits per heavy atom. The number of carbonyl (C=O) groups is 1. The van der Waals surface area contributed by atoms with Crippen molar-refractivity contribution in [2.75, 3.05) is 0 Å². The summed E-state index contributed by atoms with van der Waals surface area (Å²) in [6.45, 7) is 0. The van der Waals surface area contributed by atoms with Gasteiger partial charge in [0.25, 0.3) is 5.91 Å². The second-order valence-corrected chi connectivity index (χ2v) is 7.96. The molecule has 4 rings (SSSR count). The third kappa shape index (κ3) is 5.64. The molecule has 0 atom stereocenters. The Kier molecular flexibility index (Phi) is 6.78. The first-order valence-electron chi connectivity index (χ1n) is 10.3. The molecule has 1 amide bonds. The normalized spacial score (nSPS) is 12.6. The van der Waals surface area contributed by atoms with Gasteiger partial charge in [-0.25, -0.2) is 14.6 Å². The molecule has 13 heteroatoms. The van der Waals surface area contributed by atoms with E-state index in [4.69, 9.17) is 17.3 Å². The molecular weight excluding hydrogens is 524 g/mol. The molecule has 190 valence electrons. The van der Waals surface area contributed by atoms with Crippen molar-refractivity contribution in [3.05, 3.63) is 88.7 Å². The lowest BCUT2D eigenvalue weighted by molar-refractivity contribution is -0.138. The van der Waals surface area contributed by atoms with Gasteiger partial charge in [-0.15, -0.1) is 5.10 Å². The van der Waals surface area contributed by atoms with Crippen molar-refractivity contribution in [2.45, 2.75) is 12.4 Å². The highest BCUT2D eigenvalue weighted by Crippen LogP contribution is 2.33. The van der Waals surface area contributed by atoms with Crippen LogP contribution in [0.25, 0.3) is 34.5 Å². The van der Waals surface area contributed by atoms with Crippen LogP contribution < -0.4 is 5.73 Å². The molecule has 0 aliphatic rings. The first-order valence-corrected chi connectivity index (χ1v) is 10.7. The number of nitrogens with two attached hydrogens (primary N) is 1. The summed E-state index contributed by atoms with van der Waals surface area (Å²) in [5, 5.41) is 4.20. The van der Waals surface area contributed by atoms with E-state index in [-0.39, 0.29) is 39.1 Å². The number of primary amides is 1. The van der Waals surface area contributed by atoms with Gasteiger partial charge in [0.2, 0.25) is 0 Å². The number of amides is 1. The first-order chi connectivity index (χ1) is 17.3. The van der Waals surface area contributed by atoms with Crippen LogP contribution in [0.5, 0.6) is 0 Å². The maximum Gasteiger partial charge on any atom is 0.416 e. The van der Waals surface area contributed by atoms with Crippen molar-refractivity contribution in [3.8, 4) is 22.8 Å². The van der Waals surface area contributed by atoms with Crippen molar-refractivity contribution in [2.24, 2.45) is 5.73 Å². The van der Waals surface area contributed by atoms with Crippen molar-refractivity contribution in [1.82, 2.24) is 19.7 Å². The monoisotopic (exact) mass is 537 g/mol. The molecule has 0 saturated heterocycles. The molecule has 2 aromatic heterocycles. The molecule has 2 aromatic carbocycles. The molecule has 0 saturated carbocycles. The van der Waals surface area contributed by atoms with E-state index in [1.807, 2.05) is 0 Å². The number of hydrogen-bond acceptors (Lipinski definition) is 4. The van der Waals surface area contributed by atoms with Gasteiger partial charge < -0.3 is 5.73 Å². The van der Waals surface area contributed by atoms with Crippen molar-refractivity contribution in [1.29, 1.82) is 0 Å². The van der Waals surface area contributed by atoms with Gasteiger partial charge in [0.05, 0.1) is 16.7 Å². The van der Waals surface area contributed by atoms with Crippen molar-refractivity contribution in [3.63, 3.8) is 0 Å². The molecule has 37 heavy (non-hydrogen) atoms. The number of benzene rings is 2. The van der Waals surface area contributed by atoms with Crippen LogP contribution in [0, 0.1) is 0 Å². The summed E-state index contributed by atoms with van der Waals surface area (Å²) >= 11 is 6.10. The summed E-state index contributed by atoms with van der Waals surface area (Å²) in [5.41, 5.74) is 4.12. The molecule has 0 unspecified atom stereocenters. The van der Waals surface area contributed by atoms with Gasteiger partial charge in [-0.1, -0.05) is 35.9 Å². The third-order valence-electron chi connectivity index (χ3n) is 5.14. The predicted octanol–water partition coefficient (Wildman–Crippen LogP) is 6.18. The van der Waals surface area contributed by atoms with Gasteiger partial charge in [0.1, 0.15) is 5.15 Å². The lowest BCUT2D eigenvalue weighted by Crippen LogP contribution is -2.14. The highest BCUT2D eigenvalue weighted by atomic mass is 35.5. The summed E-state index contributed by atoms with van der Waals surface area (Å²) < 4.78 is 79.1. The van der Waals surface area contributed by atoms with Gasteiger partial charge in [-0.05, 0) is 36.4 Å². The quantitative estimate of drug-likeness (QED) is 0.187. The molecule has 0 aliphatic heterocycles. The van der Waals surface area contributed by atoms with Crippen LogP contribution in [0.3, 0.4) is 0 Å². The number of pyridine rings is 1. The molecule has 0 fully saturated rings. The Labute approximate surface area is 210 Å². The van der Waals surface area contributed by atoms with E-state index in [0.717, 1.165) is 53.2 Å². The number of rotatable bonds is 5. The van der Waals surface area contributed by atoms with Crippen LogP contribution in [0.15, 0.2) is 66.9 Å². The van der Waals surface area contributed by atoms with Crippen molar-refractivity contribution < 1.29 is 31.1 Å². The molecule has 0 radical (unpaired) electrons. The highest BCUT2D eigenvalue weighted by Gasteiger charge is 2.31. The zero-order valence-electron chi connectivity index (χ0n) is 18.3. The van der Waals surface area contributed by atoms with Gasteiger partial charge in [-0.3, -0.25) is 4.79 Å². The van der Waals surface area contributed by atoms with Crippen LogP contribution in [-0.2, 0) is 17.1 Å². The van der Waals surface area contributed by atoms with E-state index in [0.29, 0.717) is 0 Å². The van der Waals surface area contributed by atoms with E-state index in [9.17, 15) is 31.1 Å². The second kappa shape index (κ2) is 9.69. The fraction of sp³-hybridized carbons (Fsp3) is 0.0833. The van der Waals surface area contributed by atoms with Crippen LogP contribution in [0.2, 0.25) is 5.15 Å². The SMILES string of the molecule is NC(=O)C(=Cn1nc(-c2ccc(C(F)(F)F)cc2)nc1-c1ccc(C(F)(F)F)cc1)c1cccnc1Cl. The molecular formula is C24H14ClF6N5O. The lowest BCUT2D eigenvalue weighted by atomic mass is 10.1. The van der Waals surface area contributed by atoms with Gasteiger partial charge in [0, 0.05) is 29.1 Å². The topological polar surface area (TPSA) is 86.7 Å². The van der Waals surface area contributed by atoms with Gasteiger partial charge in [0.15, 0.2) is 11.6 Å². The maximum absolute atomic E-state index is 13.0. The Hall–Kier alpha value is -4.19. The third-order valence-corrected chi connectivity index (χ3v) is 5.44. The summed E-state index contributed by atoms with van der Waals surface area (Å²) in [6.07, 6.45) is -6.58. The van der Waals surface area contributed by atoms with Gasteiger partial charge in [-0.2, -0.15) is 26.3 Å². The average molecular weight is 538 g/mol. The summed E-state index contributed by atoms with van der Waals surface area (Å²) in [5.74, 6) is -0.983. The standard InChI is InChI=1S/C24H14ClF6N5O/c25-19-17(2-1-11-33-19)18(20(32)37)12-36-22(14-5-9-16(10-6-14)24(29,30)31)34-21(35-36)13-3-7-15(8-4-13)23(26,27)28/h1-12H,(H2,32,37). The van der Waals surface area contributed by atoms with Gasteiger partial charge >= 0.3 is 12.4 Å². The average Bonchev–Trinajstić information content (AvgIpc) is 3.26. The lowest BCUT2D eigenvalue weighted by Gasteiger charge is -2.09. The van der Waals surface area contributed by atoms with E-state index < -0.39 is 29.4 Å². The molecule has 0 aliphatic carbocycles. The van der Waals surface area contributed by atoms with Crippen LogP contribution in [-0.4, -0.2) is 25.7 Å². The largest absolute Gasteiger partial charge is 0.416 e. The number of hydrogen-bond donors (Lipinski definition) is 1. The summed E-state index contributed by atoms with van der Waals surface area (Å²) in [7, 11) is 0. The molecule has 0 bridgehead atoms. The molecule has 2 heterocycles. The number of aromatic nitrogens is 4. The minimum atomic E-state index is -4.58. The molecule has 6 nitrogen and oxygen atoms in total. The number of alkyl halides is 6. The van der Waals surface area contributed by atoms with E-state index in [1.54, 1.807) is 0 Å². The van der Waals surface area contributed by atoms with E-state index >= 15 is 0 Å². The maximum atomic E-state index is 13.0. The summed E-state index contributed by atoms with van der Waals surface area (Å²) in [6, 6.07) is 10.9. The Bertz CT molecular complexity index is 1480. The van der Waals surface area contributed by atoms with Crippen molar-refractivity contribution >= 4 is 29.3 Å². The number of carbonyl (C=O) groups excluding carboxylic acids is 1. The van der Waals surface area contributed by atoms with E-state index in [1.165, 1.54) is 24.5 Å². The number of halogens is 7. The zero-order valence-corrected chi connectivity index (χ0v) is 19.1. The summed E-state index contributed by atoms with van der Waals surface area (Å²) in [4.78, 5) is 20.4. The Morgan fingerprint density at radius 2 is 1.41 bits per heavy atom. The molecule has 0 spiro atoms. The van der Waals surface area contributed by atoms with Crippen LogP contribution >= 0.6 is 11.6 Å². The van der Waals surface area contributed by atoms with Crippen LogP contribution in [0.1, 0.15) is 16.7 Å². The smallest absolute Gasteiger partial charge is 0.366 e. The second-order valence-electron chi connectivity index (χ2n) is 7.60. The van der Waals surface area contributed by atoms with E-state index in [2.05, 4.69) is 15.1 Å². The fourth-order valence-electron chi connectivity index (χ4n) is 3.32. The van der Waals surface area contributed by atoms with Crippen LogP contribution in [0.4, 0.5) is 26.3 Å². The first kappa shape index (κ1) is 25.9. The minimum Gasteiger partial charge on any atom is -0.366 e. The highest BCUT2D eigenvalue weighted by molar-refractivity contribution is 6.34.